The molecule has 0 aliphatic rings. The van der Waals surface area contributed by atoms with Gasteiger partial charge in [-0.3, -0.25) is 4.98 Å². The van der Waals surface area contributed by atoms with Crippen LogP contribution in [0.15, 0.2) is 30.5 Å². The maximum absolute atomic E-state index is 8.84. The monoisotopic (exact) mass is 184 g/mol. The summed E-state index contributed by atoms with van der Waals surface area (Å²) < 4.78 is 5.19. The van der Waals surface area contributed by atoms with Gasteiger partial charge in [0.15, 0.2) is 0 Å². The number of hydrogen-bond donors (Lipinski definition) is 0. The third-order valence-corrected chi connectivity index (χ3v) is 2.05. The van der Waals surface area contributed by atoms with E-state index < -0.39 is 0 Å². The van der Waals surface area contributed by atoms with Crippen LogP contribution in [0.4, 0.5) is 0 Å². The van der Waals surface area contributed by atoms with Gasteiger partial charge in [-0.15, -0.1) is 0 Å². The van der Waals surface area contributed by atoms with Gasteiger partial charge in [-0.2, -0.15) is 5.26 Å². The van der Waals surface area contributed by atoms with Crippen molar-refractivity contribution < 1.29 is 4.74 Å². The Kier molecular flexibility index (Phi) is 2.04. The molecular weight excluding hydrogens is 176 g/mol. The molecule has 3 heteroatoms. The molecule has 0 radical (unpaired) electrons. The number of nitrogens with zero attached hydrogens (tertiary/aromatic N) is 2. The fraction of sp³-hybridized carbons (Fsp3) is 0.0909. The minimum absolute atomic E-state index is 0.464. The standard InChI is InChI=1S/C11H8N2O/c1-14-11-8(6-12)7-13-10-5-3-2-4-9(10)11/h2-5,7H,1H3. The Morgan fingerprint density at radius 2 is 2.14 bits per heavy atom. The van der Waals surface area contributed by atoms with Crippen LogP contribution >= 0.6 is 0 Å². The minimum atomic E-state index is 0.464. The van der Waals surface area contributed by atoms with E-state index in [4.69, 9.17) is 10.00 Å². The minimum Gasteiger partial charge on any atom is -0.495 e. The highest BCUT2D eigenvalue weighted by Crippen LogP contribution is 2.26. The van der Waals surface area contributed by atoms with Gasteiger partial charge in [0.2, 0.25) is 0 Å². The first-order valence-electron chi connectivity index (χ1n) is 4.18. The molecule has 1 aromatic heterocycles. The van der Waals surface area contributed by atoms with Gasteiger partial charge >= 0.3 is 0 Å². The van der Waals surface area contributed by atoms with Crippen LogP contribution in [0, 0.1) is 11.3 Å². The van der Waals surface area contributed by atoms with Crippen molar-refractivity contribution in [3.8, 4) is 11.8 Å². The number of ether oxygens (including phenoxy) is 1. The van der Waals surface area contributed by atoms with Gasteiger partial charge in [-0.1, -0.05) is 12.1 Å². The molecule has 0 saturated heterocycles. The van der Waals surface area contributed by atoms with E-state index in [9.17, 15) is 0 Å². The van der Waals surface area contributed by atoms with Crippen molar-refractivity contribution in [3.05, 3.63) is 36.0 Å². The summed E-state index contributed by atoms with van der Waals surface area (Å²) >= 11 is 0. The number of fused-ring (bicyclic) bond motifs is 1. The zero-order valence-corrected chi connectivity index (χ0v) is 7.69. The fourth-order valence-corrected chi connectivity index (χ4v) is 1.42. The van der Waals surface area contributed by atoms with Crippen LogP contribution in [-0.2, 0) is 0 Å². The Labute approximate surface area is 81.6 Å². The molecule has 1 heterocycles. The third kappa shape index (κ3) is 1.17. The van der Waals surface area contributed by atoms with Crippen LogP contribution in [0.25, 0.3) is 10.9 Å². The van der Waals surface area contributed by atoms with Crippen molar-refractivity contribution in [2.45, 2.75) is 0 Å². The van der Waals surface area contributed by atoms with Crippen molar-refractivity contribution >= 4 is 10.9 Å². The molecule has 0 aliphatic carbocycles. The zero-order chi connectivity index (χ0) is 9.97. The van der Waals surface area contributed by atoms with E-state index in [-0.39, 0.29) is 0 Å². The first-order chi connectivity index (χ1) is 6.86. The summed E-state index contributed by atoms with van der Waals surface area (Å²) in [6, 6.07) is 9.63. The van der Waals surface area contributed by atoms with Crippen molar-refractivity contribution in [1.29, 1.82) is 5.26 Å². The Morgan fingerprint density at radius 3 is 2.86 bits per heavy atom. The lowest BCUT2D eigenvalue weighted by Crippen LogP contribution is -1.91. The summed E-state index contributed by atoms with van der Waals surface area (Å²) in [5.74, 6) is 0.595. The highest BCUT2D eigenvalue weighted by Gasteiger charge is 2.07. The number of para-hydroxylation sites is 1. The molecule has 3 nitrogen and oxygen atoms in total. The molecule has 0 N–H and O–H groups in total. The van der Waals surface area contributed by atoms with Crippen molar-refractivity contribution in [3.63, 3.8) is 0 Å². The van der Waals surface area contributed by atoms with Crippen LogP contribution < -0.4 is 4.74 Å². The van der Waals surface area contributed by atoms with Crippen LogP contribution in [0.2, 0.25) is 0 Å². The molecule has 68 valence electrons. The lowest BCUT2D eigenvalue weighted by molar-refractivity contribution is 0.418. The van der Waals surface area contributed by atoms with E-state index in [0.717, 1.165) is 10.9 Å². The summed E-state index contributed by atoms with van der Waals surface area (Å²) in [6.07, 6.45) is 1.53. The largest absolute Gasteiger partial charge is 0.495 e. The lowest BCUT2D eigenvalue weighted by Gasteiger charge is -2.05. The molecule has 0 saturated carbocycles. The molecule has 2 aromatic rings. The van der Waals surface area contributed by atoms with E-state index in [1.807, 2.05) is 24.3 Å². The summed E-state index contributed by atoms with van der Waals surface area (Å²) in [5.41, 5.74) is 1.30. The number of rotatable bonds is 1. The van der Waals surface area contributed by atoms with Crippen LogP contribution in [-0.4, -0.2) is 12.1 Å². The molecule has 1 aromatic carbocycles. The van der Waals surface area contributed by atoms with Gasteiger partial charge in [-0.05, 0) is 12.1 Å². The quantitative estimate of drug-likeness (QED) is 0.681. The first kappa shape index (κ1) is 8.52. The topological polar surface area (TPSA) is 45.9 Å². The average molecular weight is 184 g/mol. The molecule has 0 unspecified atom stereocenters. The SMILES string of the molecule is COc1c(C#N)cnc2ccccc12. The summed E-state index contributed by atoms with van der Waals surface area (Å²) in [6.45, 7) is 0. The number of hydrogen-bond acceptors (Lipinski definition) is 3. The molecule has 0 fully saturated rings. The van der Waals surface area contributed by atoms with Crippen molar-refractivity contribution in [2.75, 3.05) is 7.11 Å². The highest BCUT2D eigenvalue weighted by molar-refractivity contribution is 5.86. The molecular formula is C11H8N2O. The van der Waals surface area contributed by atoms with Gasteiger partial charge in [-0.25, -0.2) is 0 Å². The number of pyridine rings is 1. The van der Waals surface area contributed by atoms with Gasteiger partial charge in [0.05, 0.1) is 12.6 Å². The van der Waals surface area contributed by atoms with Crippen LogP contribution in [0.5, 0.6) is 5.75 Å². The number of aromatic nitrogens is 1. The van der Waals surface area contributed by atoms with E-state index in [1.54, 1.807) is 7.11 Å². The molecule has 2 rings (SSSR count). The van der Waals surface area contributed by atoms with E-state index in [1.165, 1.54) is 6.20 Å². The summed E-state index contributed by atoms with van der Waals surface area (Å²) in [5, 5.41) is 9.71. The molecule has 0 atom stereocenters. The zero-order valence-electron chi connectivity index (χ0n) is 7.69. The van der Waals surface area contributed by atoms with Crippen molar-refractivity contribution in [1.82, 2.24) is 4.98 Å². The number of methoxy groups -OCH3 is 1. The second-order valence-electron chi connectivity index (χ2n) is 2.83. The predicted octanol–water partition coefficient (Wildman–Crippen LogP) is 2.12. The molecule has 0 aliphatic heterocycles. The van der Waals surface area contributed by atoms with E-state index >= 15 is 0 Å². The average Bonchev–Trinajstić information content (AvgIpc) is 2.27. The fourth-order valence-electron chi connectivity index (χ4n) is 1.42. The lowest BCUT2D eigenvalue weighted by atomic mass is 10.1. The molecule has 14 heavy (non-hydrogen) atoms. The Bertz CT molecular complexity index is 514. The number of nitriles is 1. The van der Waals surface area contributed by atoms with Gasteiger partial charge in [0.1, 0.15) is 17.4 Å². The van der Waals surface area contributed by atoms with Gasteiger partial charge < -0.3 is 4.74 Å². The summed E-state index contributed by atoms with van der Waals surface area (Å²) in [7, 11) is 1.56. The Hall–Kier alpha value is -2.08. The van der Waals surface area contributed by atoms with Gasteiger partial charge in [0.25, 0.3) is 0 Å². The first-order valence-corrected chi connectivity index (χ1v) is 4.18. The number of benzene rings is 1. The third-order valence-electron chi connectivity index (χ3n) is 2.05. The normalized spacial score (nSPS) is 9.71. The van der Waals surface area contributed by atoms with Crippen LogP contribution in [0.1, 0.15) is 5.56 Å². The highest BCUT2D eigenvalue weighted by atomic mass is 16.5. The van der Waals surface area contributed by atoms with Crippen molar-refractivity contribution in [2.24, 2.45) is 0 Å². The maximum atomic E-state index is 8.84. The second kappa shape index (κ2) is 3.35. The molecule has 0 bridgehead atoms. The smallest absolute Gasteiger partial charge is 0.147 e. The Balaban J connectivity index is 2.85. The van der Waals surface area contributed by atoms with Gasteiger partial charge in [0, 0.05) is 11.6 Å². The second-order valence-corrected chi connectivity index (χ2v) is 2.83. The van der Waals surface area contributed by atoms with E-state index in [2.05, 4.69) is 11.1 Å². The summed E-state index contributed by atoms with van der Waals surface area (Å²) in [4.78, 5) is 4.16. The maximum Gasteiger partial charge on any atom is 0.147 e. The predicted molar refractivity (Wildman–Crippen MR) is 53.0 cm³/mol. The molecule has 0 amide bonds. The molecule has 0 spiro atoms. The van der Waals surface area contributed by atoms with E-state index in [0.29, 0.717) is 11.3 Å². The van der Waals surface area contributed by atoms with Crippen LogP contribution in [0.3, 0.4) is 0 Å². The Morgan fingerprint density at radius 1 is 1.36 bits per heavy atom.